The molecule has 0 aliphatic heterocycles. The molecule has 0 fully saturated rings. The van der Waals surface area contributed by atoms with Gasteiger partial charge >= 0.3 is 0 Å². The number of nitrogens with zero attached hydrogens (tertiary/aromatic N) is 1. The van der Waals surface area contributed by atoms with Gasteiger partial charge in [-0.05, 0) is 131 Å². The molecule has 0 radical (unpaired) electrons. The van der Waals surface area contributed by atoms with Gasteiger partial charge in [0.2, 0.25) is 0 Å². The summed E-state index contributed by atoms with van der Waals surface area (Å²) in [6.07, 6.45) is 0. The summed E-state index contributed by atoms with van der Waals surface area (Å²) >= 11 is 4.02. The third-order valence-corrected chi connectivity index (χ3v) is 14.5. The van der Waals surface area contributed by atoms with E-state index in [4.69, 9.17) is 0 Å². The van der Waals surface area contributed by atoms with Crippen molar-refractivity contribution in [2.24, 2.45) is 0 Å². The fraction of sp³-hybridized carbons (Fsp3) is 0.0847. The maximum absolute atomic E-state index is 4.02. The lowest BCUT2D eigenvalue weighted by atomic mass is 9.60. The van der Waals surface area contributed by atoms with Gasteiger partial charge in [-0.3, -0.25) is 0 Å². The van der Waals surface area contributed by atoms with Crippen LogP contribution in [0.4, 0.5) is 17.1 Å². The summed E-state index contributed by atoms with van der Waals surface area (Å²) in [5.41, 5.74) is 24.7. The van der Waals surface area contributed by atoms with Gasteiger partial charge in [0.25, 0.3) is 0 Å². The highest BCUT2D eigenvalue weighted by Crippen LogP contribution is 2.59. The van der Waals surface area contributed by atoms with Crippen LogP contribution in [-0.4, -0.2) is 0 Å². The molecule has 2 bridgehead atoms. The quantitative estimate of drug-likeness (QED) is 0.161. The molecule has 9 aromatic carbocycles. The van der Waals surface area contributed by atoms with Gasteiger partial charge in [-0.1, -0.05) is 194 Å². The highest BCUT2D eigenvalue weighted by molar-refractivity contribution is 9.10. The second kappa shape index (κ2) is 13.9. The van der Waals surface area contributed by atoms with Crippen LogP contribution in [0, 0.1) is 0 Å². The largest absolute Gasteiger partial charge is 0.310 e. The first-order chi connectivity index (χ1) is 29.9. The van der Waals surface area contributed by atoms with Gasteiger partial charge < -0.3 is 4.90 Å². The van der Waals surface area contributed by atoms with Crippen molar-refractivity contribution in [2.75, 3.05) is 4.90 Å². The Bertz CT molecular complexity index is 3110. The van der Waals surface area contributed by atoms with E-state index >= 15 is 0 Å². The molecule has 13 rings (SSSR count). The monoisotopic (exact) mass is 843 g/mol. The molecule has 290 valence electrons. The standard InChI is InChI=1S/C59H42BrN/c1-59(2)52-19-11-10-14-46(52)47-33-32-44(36-53(47)59)61(42-28-24-39(25-29-42)37-12-4-3-5-13-37)43-30-26-40(27-31-43)38-20-22-41(23-21-38)45-34-35-54(60)58-56-50-17-8-6-15-48(50)55(57(45)58)49-16-7-9-18-51(49)56/h3-36,55-56H,1-2H3. The first-order valence-electron chi connectivity index (χ1n) is 21.3. The molecule has 0 saturated heterocycles. The summed E-state index contributed by atoms with van der Waals surface area (Å²) in [5, 5.41) is 0. The second-order valence-electron chi connectivity index (χ2n) is 17.3. The highest BCUT2D eigenvalue weighted by Gasteiger charge is 2.43. The van der Waals surface area contributed by atoms with Gasteiger partial charge in [-0.25, -0.2) is 0 Å². The summed E-state index contributed by atoms with van der Waals surface area (Å²) in [4.78, 5) is 2.40. The first-order valence-corrected chi connectivity index (χ1v) is 22.1. The van der Waals surface area contributed by atoms with Crippen molar-refractivity contribution in [1.29, 1.82) is 0 Å². The van der Waals surface area contributed by atoms with Crippen LogP contribution in [0.1, 0.15) is 70.2 Å². The van der Waals surface area contributed by atoms with Gasteiger partial charge in [-0.2, -0.15) is 0 Å². The molecule has 1 nitrogen and oxygen atoms in total. The Hall–Kier alpha value is -6.74. The molecule has 0 heterocycles. The Morgan fingerprint density at radius 3 is 1.38 bits per heavy atom. The Kier molecular flexibility index (Phi) is 8.24. The van der Waals surface area contributed by atoms with Crippen molar-refractivity contribution >= 4 is 33.0 Å². The van der Waals surface area contributed by atoms with Gasteiger partial charge in [0.15, 0.2) is 0 Å². The Labute approximate surface area is 366 Å². The van der Waals surface area contributed by atoms with Gasteiger partial charge in [-0.15, -0.1) is 0 Å². The van der Waals surface area contributed by atoms with E-state index in [2.05, 4.69) is 241 Å². The van der Waals surface area contributed by atoms with Crippen LogP contribution < -0.4 is 4.90 Å². The summed E-state index contributed by atoms with van der Waals surface area (Å²) in [7, 11) is 0. The molecular weight excluding hydrogens is 803 g/mol. The van der Waals surface area contributed by atoms with Crippen LogP contribution in [0.2, 0.25) is 0 Å². The van der Waals surface area contributed by atoms with Crippen molar-refractivity contribution in [3.63, 3.8) is 0 Å². The van der Waals surface area contributed by atoms with Gasteiger partial charge in [0, 0.05) is 38.8 Å². The number of fused-ring (bicyclic) bond motifs is 3. The zero-order chi connectivity index (χ0) is 40.8. The third-order valence-electron chi connectivity index (χ3n) is 13.8. The maximum Gasteiger partial charge on any atom is 0.0465 e. The van der Waals surface area contributed by atoms with E-state index in [1.54, 1.807) is 0 Å². The highest BCUT2D eigenvalue weighted by atomic mass is 79.9. The molecule has 0 atom stereocenters. The molecule has 0 saturated carbocycles. The number of anilines is 3. The SMILES string of the molecule is CC1(C)c2ccccc2-c2ccc(N(c3ccc(-c4ccccc4)cc3)c3ccc(-c4ccc(-c5ccc(Br)c6c5C5c7ccccc7C6c6ccccc65)cc4)cc3)cc21. The summed E-state index contributed by atoms with van der Waals surface area (Å²) in [5.74, 6) is 0.428. The van der Waals surface area contributed by atoms with Crippen LogP contribution >= 0.6 is 15.9 Å². The predicted molar refractivity (Wildman–Crippen MR) is 257 cm³/mol. The molecule has 0 aromatic heterocycles. The molecule has 0 spiro atoms. The fourth-order valence-corrected chi connectivity index (χ4v) is 11.4. The van der Waals surface area contributed by atoms with E-state index in [-0.39, 0.29) is 17.3 Å². The second-order valence-corrected chi connectivity index (χ2v) is 18.2. The van der Waals surface area contributed by atoms with Crippen LogP contribution in [0.15, 0.2) is 211 Å². The van der Waals surface area contributed by atoms with Crippen LogP contribution in [0.25, 0.3) is 44.5 Å². The van der Waals surface area contributed by atoms with E-state index < -0.39 is 0 Å². The van der Waals surface area contributed by atoms with Crippen LogP contribution in [0.3, 0.4) is 0 Å². The number of benzene rings is 9. The maximum atomic E-state index is 4.02. The van der Waals surface area contributed by atoms with E-state index in [1.165, 1.54) is 93.5 Å². The van der Waals surface area contributed by atoms with Crippen LogP contribution in [-0.2, 0) is 5.41 Å². The van der Waals surface area contributed by atoms with E-state index in [0.29, 0.717) is 0 Å². The lowest BCUT2D eigenvalue weighted by Gasteiger charge is -2.43. The topological polar surface area (TPSA) is 3.24 Å². The van der Waals surface area contributed by atoms with Crippen molar-refractivity contribution in [3.05, 3.63) is 255 Å². The third kappa shape index (κ3) is 5.59. The molecule has 2 heteroatoms. The number of halogens is 1. The molecule has 9 aromatic rings. The van der Waals surface area contributed by atoms with Crippen LogP contribution in [0.5, 0.6) is 0 Å². The molecular formula is C59H42BrN. The Balaban J connectivity index is 0.904. The lowest BCUT2D eigenvalue weighted by Crippen LogP contribution is -2.28. The van der Waals surface area contributed by atoms with Crippen molar-refractivity contribution in [3.8, 4) is 44.5 Å². The minimum absolute atomic E-state index is 0.0924. The fourth-order valence-electron chi connectivity index (χ4n) is 10.9. The average molecular weight is 845 g/mol. The van der Waals surface area contributed by atoms with Gasteiger partial charge in [0.1, 0.15) is 0 Å². The normalized spacial score (nSPS) is 15.9. The molecule has 0 amide bonds. The molecule has 0 unspecified atom stereocenters. The van der Waals surface area contributed by atoms with Crippen molar-refractivity contribution < 1.29 is 0 Å². The molecule has 4 aliphatic carbocycles. The zero-order valence-electron chi connectivity index (χ0n) is 34.1. The Morgan fingerprint density at radius 1 is 0.361 bits per heavy atom. The molecule has 0 N–H and O–H groups in total. The van der Waals surface area contributed by atoms with E-state index in [1.807, 2.05) is 0 Å². The summed E-state index contributed by atoms with van der Waals surface area (Å²) < 4.78 is 1.19. The Morgan fingerprint density at radius 2 is 0.787 bits per heavy atom. The number of hydrogen-bond donors (Lipinski definition) is 0. The number of hydrogen-bond acceptors (Lipinski definition) is 1. The summed E-state index contributed by atoms with van der Waals surface area (Å²) in [6, 6.07) is 76.6. The average Bonchev–Trinajstić information content (AvgIpc) is 3.55. The smallest absolute Gasteiger partial charge is 0.0465 e. The number of rotatable bonds is 6. The van der Waals surface area contributed by atoms with Crippen molar-refractivity contribution in [2.45, 2.75) is 31.1 Å². The lowest BCUT2D eigenvalue weighted by molar-refractivity contribution is 0.660. The first kappa shape index (κ1) is 36.1. The minimum atomic E-state index is -0.0924. The van der Waals surface area contributed by atoms with E-state index in [9.17, 15) is 0 Å². The molecule has 61 heavy (non-hydrogen) atoms. The van der Waals surface area contributed by atoms with Gasteiger partial charge in [0.05, 0.1) is 0 Å². The van der Waals surface area contributed by atoms with E-state index in [0.717, 1.165) is 17.1 Å². The predicted octanol–water partition coefficient (Wildman–Crippen LogP) is 16.2. The zero-order valence-corrected chi connectivity index (χ0v) is 35.7. The van der Waals surface area contributed by atoms with Crippen molar-refractivity contribution in [1.82, 2.24) is 0 Å². The minimum Gasteiger partial charge on any atom is -0.310 e. The molecule has 4 aliphatic rings. The summed E-state index contributed by atoms with van der Waals surface area (Å²) in [6.45, 7) is 4.71.